The number of halogens is 2. The van der Waals surface area contributed by atoms with Gasteiger partial charge in [-0.1, -0.05) is 35.6 Å². The number of Topliss-reactive ketones (excluding diaryl/α,β-unsaturated/α-hetero) is 1. The van der Waals surface area contributed by atoms with Crippen LogP contribution in [0.5, 0.6) is 0 Å². The Bertz CT molecular complexity index is 1300. The molecule has 0 spiro atoms. The van der Waals surface area contributed by atoms with E-state index in [2.05, 4.69) is 16.8 Å². The van der Waals surface area contributed by atoms with Crippen molar-refractivity contribution in [2.75, 3.05) is 11.4 Å². The second-order valence-electron chi connectivity index (χ2n) is 6.83. The molecule has 0 saturated heterocycles. The molecule has 31 heavy (non-hydrogen) atoms. The first kappa shape index (κ1) is 21.0. The van der Waals surface area contributed by atoms with Crippen LogP contribution in [0, 0.1) is 17.7 Å². The number of aromatic nitrogens is 1. The van der Waals surface area contributed by atoms with Gasteiger partial charge in [0.1, 0.15) is 10.7 Å². The molecular weight excluding hydrogens is 435 g/mol. The average Bonchev–Trinajstić information content (AvgIpc) is 2.78. The van der Waals surface area contributed by atoms with E-state index < -0.39 is 16.8 Å². The maximum Gasteiger partial charge on any atom is 0.205 e. The summed E-state index contributed by atoms with van der Waals surface area (Å²) < 4.78 is 27.8. The zero-order valence-corrected chi connectivity index (χ0v) is 18.0. The Morgan fingerprint density at radius 3 is 2.81 bits per heavy atom. The summed E-state index contributed by atoms with van der Waals surface area (Å²) in [5, 5.41) is -0.0664. The fourth-order valence-corrected chi connectivity index (χ4v) is 4.47. The minimum atomic E-state index is -1.70. The molecule has 154 valence electrons. The van der Waals surface area contributed by atoms with Crippen molar-refractivity contribution >= 4 is 40.1 Å². The Balaban J connectivity index is 1.67. The van der Waals surface area contributed by atoms with E-state index in [1.54, 1.807) is 37.6 Å². The van der Waals surface area contributed by atoms with Crippen molar-refractivity contribution in [3.63, 3.8) is 0 Å². The van der Waals surface area contributed by atoms with Crippen LogP contribution >= 0.6 is 11.6 Å². The lowest BCUT2D eigenvalue weighted by atomic mass is 10.0. The van der Waals surface area contributed by atoms with Gasteiger partial charge in [0.25, 0.3) is 0 Å². The van der Waals surface area contributed by atoms with Crippen molar-refractivity contribution in [3.05, 3.63) is 98.9 Å². The Morgan fingerprint density at radius 1 is 1.23 bits per heavy atom. The number of hydrogen-bond acceptors (Lipinski definition) is 3. The van der Waals surface area contributed by atoms with Gasteiger partial charge in [-0.05, 0) is 53.6 Å². The van der Waals surface area contributed by atoms with Crippen LogP contribution in [-0.4, -0.2) is 22.0 Å². The number of hydrogen-bond donors (Lipinski definition) is 0. The molecule has 0 radical (unpaired) electrons. The van der Waals surface area contributed by atoms with Gasteiger partial charge in [-0.15, -0.1) is 0 Å². The molecule has 2 heterocycles. The lowest BCUT2D eigenvalue weighted by molar-refractivity contribution is 0.104. The molecule has 2 aromatic carbocycles. The van der Waals surface area contributed by atoms with Crippen LogP contribution in [0.3, 0.4) is 0 Å². The summed E-state index contributed by atoms with van der Waals surface area (Å²) in [6.45, 7) is 0. The summed E-state index contributed by atoms with van der Waals surface area (Å²) in [5.41, 5.74) is 3.15. The first-order chi connectivity index (χ1) is 14.9. The minimum absolute atomic E-state index is 0.0664. The van der Waals surface area contributed by atoms with Crippen LogP contribution in [-0.2, 0) is 17.4 Å². The van der Waals surface area contributed by atoms with Crippen LogP contribution in [0.25, 0.3) is 6.08 Å². The van der Waals surface area contributed by atoms with E-state index in [9.17, 15) is 13.4 Å². The van der Waals surface area contributed by atoms with Gasteiger partial charge in [-0.2, -0.15) is 0 Å². The molecule has 0 amide bonds. The van der Waals surface area contributed by atoms with E-state index in [1.165, 1.54) is 28.6 Å². The Labute approximate surface area is 187 Å². The first-order valence-electron chi connectivity index (χ1n) is 9.33. The van der Waals surface area contributed by atoms with E-state index >= 15 is 0 Å². The highest BCUT2D eigenvalue weighted by Gasteiger charge is 2.32. The third-order valence-electron chi connectivity index (χ3n) is 4.73. The van der Waals surface area contributed by atoms with Crippen LogP contribution in [0.1, 0.15) is 27.0 Å². The smallest absolute Gasteiger partial charge is 0.205 e. The molecule has 0 N–H and O–H groups in total. The van der Waals surface area contributed by atoms with E-state index in [-0.39, 0.29) is 15.7 Å². The summed E-state index contributed by atoms with van der Waals surface area (Å²) in [7, 11) is -0.0451. The van der Waals surface area contributed by atoms with Crippen molar-refractivity contribution in [2.24, 2.45) is 0 Å². The van der Waals surface area contributed by atoms with Crippen LogP contribution in [0.2, 0.25) is 5.02 Å². The molecule has 0 saturated carbocycles. The third-order valence-corrected chi connectivity index (χ3v) is 6.39. The van der Waals surface area contributed by atoms with Gasteiger partial charge in [-0.25, -0.2) is 8.60 Å². The molecule has 1 atom stereocenters. The second kappa shape index (κ2) is 8.84. The number of anilines is 1. The fourth-order valence-electron chi connectivity index (χ4n) is 3.14. The van der Waals surface area contributed by atoms with Gasteiger partial charge in [-0.3, -0.25) is 14.1 Å². The van der Waals surface area contributed by atoms with Crippen molar-refractivity contribution in [1.82, 2.24) is 4.98 Å². The maximum atomic E-state index is 13.4. The van der Waals surface area contributed by atoms with E-state index in [0.717, 1.165) is 5.56 Å². The molecule has 1 aromatic heterocycles. The standard InChI is InChI=1S/C24H16ClFN2O2S/c1-28-22-10-8-16(4-2-5-17-6-3-11-27-15-17)12-19(22)24(29)23(31(28)30)14-18-7-9-21(26)20(25)13-18/h3,6-15H,5H2,1H3/b23-14-. The van der Waals surface area contributed by atoms with Gasteiger partial charge < -0.3 is 0 Å². The predicted molar refractivity (Wildman–Crippen MR) is 122 cm³/mol. The van der Waals surface area contributed by atoms with Gasteiger partial charge in [0.2, 0.25) is 5.78 Å². The van der Waals surface area contributed by atoms with Crippen LogP contribution in [0.4, 0.5) is 10.1 Å². The molecule has 3 aromatic rings. The van der Waals surface area contributed by atoms with Crippen molar-refractivity contribution in [1.29, 1.82) is 0 Å². The second-order valence-corrected chi connectivity index (χ2v) is 8.72. The number of fused-ring (bicyclic) bond motifs is 1. The van der Waals surface area contributed by atoms with Crippen molar-refractivity contribution in [2.45, 2.75) is 6.42 Å². The zero-order chi connectivity index (χ0) is 22.0. The Kier molecular flexibility index (Phi) is 5.99. The van der Waals surface area contributed by atoms with Crippen LogP contribution in [0.15, 0.2) is 65.8 Å². The maximum absolute atomic E-state index is 13.4. The molecule has 0 fully saturated rings. The lowest BCUT2D eigenvalue weighted by Crippen LogP contribution is -2.31. The Morgan fingerprint density at radius 2 is 2.06 bits per heavy atom. The summed E-state index contributed by atoms with van der Waals surface area (Å²) in [6.07, 6.45) is 5.48. The Hall–Kier alpha value is -3.27. The molecular formula is C24H16ClFN2O2S. The third kappa shape index (κ3) is 4.43. The van der Waals surface area contributed by atoms with Crippen LogP contribution < -0.4 is 4.31 Å². The molecule has 1 aliphatic rings. The number of carbonyl (C=O) groups is 1. The highest BCUT2D eigenvalue weighted by atomic mass is 35.5. The first-order valence-corrected chi connectivity index (χ1v) is 10.8. The van der Waals surface area contributed by atoms with Gasteiger partial charge >= 0.3 is 0 Å². The van der Waals surface area contributed by atoms with E-state index in [0.29, 0.717) is 28.8 Å². The van der Waals surface area contributed by atoms with Crippen molar-refractivity contribution in [3.8, 4) is 11.8 Å². The highest BCUT2D eigenvalue weighted by molar-refractivity contribution is 7.91. The number of carbonyl (C=O) groups excluding carboxylic acids is 1. The quantitative estimate of drug-likeness (QED) is 0.416. The fraction of sp³-hybridized carbons (Fsp3) is 0.0833. The summed E-state index contributed by atoms with van der Waals surface area (Å²) in [5.74, 6) is 5.23. The number of nitrogens with zero attached hydrogens (tertiary/aromatic N) is 2. The predicted octanol–water partition coefficient (Wildman–Crippen LogP) is 4.81. The van der Waals surface area contributed by atoms with Gasteiger partial charge in [0.05, 0.1) is 10.7 Å². The summed E-state index contributed by atoms with van der Waals surface area (Å²) in [6, 6.07) is 13.1. The monoisotopic (exact) mass is 450 g/mol. The van der Waals surface area contributed by atoms with E-state index in [4.69, 9.17) is 11.6 Å². The summed E-state index contributed by atoms with van der Waals surface area (Å²) in [4.78, 5) is 17.3. The molecule has 0 bridgehead atoms. The largest absolute Gasteiger partial charge is 0.290 e. The SMILES string of the molecule is CN1c2ccc(C#CCc3cccnc3)cc2C(=O)/C(=C/c2ccc(F)c(Cl)c2)S1=O. The number of ketones is 1. The van der Waals surface area contributed by atoms with Crippen molar-refractivity contribution < 1.29 is 13.4 Å². The number of rotatable bonds is 2. The summed E-state index contributed by atoms with van der Waals surface area (Å²) >= 11 is 5.83. The van der Waals surface area contributed by atoms with Gasteiger partial charge in [0, 0.05) is 37.0 Å². The molecule has 1 aliphatic heterocycles. The number of pyridine rings is 1. The zero-order valence-electron chi connectivity index (χ0n) is 16.4. The molecule has 7 heteroatoms. The molecule has 1 unspecified atom stereocenters. The molecule has 0 aliphatic carbocycles. The highest BCUT2D eigenvalue weighted by Crippen LogP contribution is 2.33. The average molecular weight is 451 g/mol. The minimum Gasteiger partial charge on any atom is -0.290 e. The lowest BCUT2D eigenvalue weighted by Gasteiger charge is -2.27. The normalized spacial score (nSPS) is 16.6. The molecule has 4 nitrogen and oxygen atoms in total. The number of benzene rings is 2. The molecule has 4 rings (SSSR count). The number of allylic oxidation sites excluding steroid dienone is 1. The topological polar surface area (TPSA) is 50.3 Å². The van der Waals surface area contributed by atoms with Gasteiger partial charge in [0.15, 0.2) is 11.0 Å². The van der Waals surface area contributed by atoms with E-state index in [1.807, 2.05) is 12.1 Å².